The Hall–Kier alpha value is -2.95. The van der Waals surface area contributed by atoms with Gasteiger partial charge in [0.25, 0.3) is 0 Å². The molecule has 0 radical (unpaired) electrons. The highest BCUT2D eigenvalue weighted by Crippen LogP contribution is 2.19. The molecule has 1 aromatic carbocycles. The molecular formula is C32H45NO3. The van der Waals surface area contributed by atoms with Gasteiger partial charge in [-0.15, -0.1) is 0 Å². The van der Waals surface area contributed by atoms with Gasteiger partial charge in [-0.25, -0.2) is 0 Å². The van der Waals surface area contributed by atoms with Gasteiger partial charge in [-0.05, 0) is 57.6 Å². The van der Waals surface area contributed by atoms with Gasteiger partial charge in [0.2, 0.25) is 5.91 Å². The van der Waals surface area contributed by atoms with Crippen molar-refractivity contribution in [3.63, 3.8) is 0 Å². The second-order valence-electron chi connectivity index (χ2n) is 9.66. The largest absolute Gasteiger partial charge is 0.394 e. The lowest BCUT2D eigenvalue weighted by molar-refractivity contribution is -0.118. The summed E-state index contributed by atoms with van der Waals surface area (Å²) in [6.45, 7) is 11.7. The molecule has 0 saturated carbocycles. The second kappa shape index (κ2) is 17.5. The van der Waals surface area contributed by atoms with Crippen LogP contribution in [0.1, 0.15) is 53.5 Å². The molecule has 0 bridgehead atoms. The van der Waals surface area contributed by atoms with Crippen LogP contribution in [0, 0.1) is 11.8 Å². The van der Waals surface area contributed by atoms with Crippen LogP contribution in [-0.2, 0) is 11.2 Å². The standard InChI is InChI=1S/C32H45NO3/c1-24(15-11-8-7-9-12-16-26(3)32(36)33-29(6)23-34)21-27(4)31(35)28(5)22-25(2)19-20-30-17-13-10-14-18-30/h7-18,21-22,25,27,29,31,34-35H,19-20,23H2,1-6H3,(H,33,36)/b8-7-,12-9+,15-11+,24-21+,26-16+,28-22+/t25-,27+,29-,31+/m0/s1. The summed E-state index contributed by atoms with van der Waals surface area (Å²) in [5.74, 6) is 0.241. The number of rotatable bonds is 14. The quantitative estimate of drug-likeness (QED) is 0.163. The molecule has 4 nitrogen and oxygen atoms in total. The molecule has 0 aliphatic rings. The van der Waals surface area contributed by atoms with Crippen LogP contribution in [0.3, 0.4) is 0 Å². The average Bonchev–Trinajstić information content (AvgIpc) is 2.86. The molecule has 0 aliphatic heterocycles. The number of nitrogens with one attached hydrogen (secondary N) is 1. The lowest BCUT2D eigenvalue weighted by atomic mass is 9.92. The molecular weight excluding hydrogens is 446 g/mol. The third-order valence-electron chi connectivity index (χ3n) is 5.93. The normalized spacial score (nSPS) is 17.1. The fourth-order valence-corrected chi connectivity index (χ4v) is 3.70. The Bertz CT molecular complexity index is 966. The summed E-state index contributed by atoms with van der Waals surface area (Å²) in [6.07, 6.45) is 19.1. The first-order valence-corrected chi connectivity index (χ1v) is 12.8. The molecule has 4 heteroatoms. The Labute approximate surface area is 218 Å². The number of hydrogen-bond acceptors (Lipinski definition) is 3. The van der Waals surface area contributed by atoms with Gasteiger partial charge in [-0.3, -0.25) is 4.79 Å². The van der Waals surface area contributed by atoms with Crippen LogP contribution < -0.4 is 5.32 Å². The predicted molar refractivity (Wildman–Crippen MR) is 152 cm³/mol. The highest BCUT2D eigenvalue weighted by atomic mass is 16.3. The smallest absolute Gasteiger partial charge is 0.247 e. The van der Waals surface area contributed by atoms with Crippen molar-refractivity contribution in [3.8, 4) is 0 Å². The van der Waals surface area contributed by atoms with Crippen LogP contribution in [0.15, 0.2) is 102 Å². The Balaban J connectivity index is 2.53. The molecule has 1 amide bonds. The van der Waals surface area contributed by atoms with Gasteiger partial charge in [0.15, 0.2) is 0 Å². The Morgan fingerprint density at radius 2 is 1.58 bits per heavy atom. The van der Waals surface area contributed by atoms with Crippen molar-refractivity contribution in [2.24, 2.45) is 11.8 Å². The van der Waals surface area contributed by atoms with Crippen molar-refractivity contribution < 1.29 is 15.0 Å². The molecule has 0 aliphatic carbocycles. The first kappa shape index (κ1) is 31.1. The van der Waals surface area contributed by atoms with Crippen molar-refractivity contribution in [2.75, 3.05) is 6.61 Å². The van der Waals surface area contributed by atoms with E-state index in [0.29, 0.717) is 11.5 Å². The summed E-state index contributed by atoms with van der Waals surface area (Å²) in [6, 6.07) is 10.3. The van der Waals surface area contributed by atoms with E-state index >= 15 is 0 Å². The summed E-state index contributed by atoms with van der Waals surface area (Å²) < 4.78 is 0. The van der Waals surface area contributed by atoms with Gasteiger partial charge in [-0.1, -0.05) is 104 Å². The Kier molecular flexibility index (Phi) is 15.1. The monoisotopic (exact) mass is 491 g/mol. The van der Waals surface area contributed by atoms with Crippen molar-refractivity contribution in [1.29, 1.82) is 0 Å². The molecule has 1 aromatic rings. The van der Waals surface area contributed by atoms with Gasteiger partial charge >= 0.3 is 0 Å². The van der Waals surface area contributed by atoms with E-state index in [9.17, 15) is 9.90 Å². The molecule has 0 fully saturated rings. The van der Waals surface area contributed by atoms with E-state index in [1.165, 1.54) is 5.56 Å². The minimum absolute atomic E-state index is 0.0175. The number of amides is 1. The van der Waals surface area contributed by atoms with E-state index in [-0.39, 0.29) is 24.5 Å². The zero-order valence-corrected chi connectivity index (χ0v) is 22.8. The third-order valence-corrected chi connectivity index (χ3v) is 5.93. The van der Waals surface area contributed by atoms with Crippen LogP contribution in [0.5, 0.6) is 0 Å². The van der Waals surface area contributed by atoms with E-state index in [1.54, 1.807) is 26.0 Å². The highest BCUT2D eigenvalue weighted by Gasteiger charge is 2.14. The van der Waals surface area contributed by atoms with E-state index < -0.39 is 6.10 Å². The van der Waals surface area contributed by atoms with Gasteiger partial charge < -0.3 is 15.5 Å². The molecule has 4 atom stereocenters. The molecule has 3 N–H and O–H groups in total. The number of benzene rings is 1. The molecule has 1 rings (SSSR count). The van der Waals surface area contributed by atoms with Crippen LogP contribution in [0.25, 0.3) is 0 Å². The van der Waals surface area contributed by atoms with Crippen molar-refractivity contribution in [2.45, 2.75) is 66.5 Å². The van der Waals surface area contributed by atoms with E-state index in [1.807, 2.05) is 57.2 Å². The number of aryl methyl sites for hydroxylation is 1. The summed E-state index contributed by atoms with van der Waals surface area (Å²) in [5.41, 5.74) is 4.04. The molecule has 0 spiro atoms. The number of aliphatic hydroxyl groups is 2. The van der Waals surface area contributed by atoms with Gasteiger partial charge in [0.1, 0.15) is 0 Å². The molecule has 36 heavy (non-hydrogen) atoms. The maximum absolute atomic E-state index is 11.9. The van der Waals surface area contributed by atoms with Crippen molar-refractivity contribution in [1.82, 2.24) is 5.32 Å². The third kappa shape index (κ3) is 13.2. The number of carbonyl (C=O) groups is 1. The summed E-state index contributed by atoms with van der Waals surface area (Å²) in [7, 11) is 0. The van der Waals surface area contributed by atoms with E-state index in [0.717, 1.165) is 24.0 Å². The first-order valence-electron chi connectivity index (χ1n) is 12.8. The zero-order chi connectivity index (χ0) is 26.9. The number of aliphatic hydroxyl groups excluding tert-OH is 2. The van der Waals surface area contributed by atoms with Crippen LogP contribution in [-0.4, -0.2) is 34.9 Å². The van der Waals surface area contributed by atoms with Gasteiger partial charge in [0, 0.05) is 17.5 Å². The van der Waals surface area contributed by atoms with E-state index in [4.69, 9.17) is 5.11 Å². The Morgan fingerprint density at radius 1 is 0.944 bits per heavy atom. The van der Waals surface area contributed by atoms with Gasteiger partial charge in [0.05, 0.1) is 12.7 Å². The van der Waals surface area contributed by atoms with E-state index in [2.05, 4.69) is 48.7 Å². The number of carbonyl (C=O) groups excluding carboxylic acids is 1. The molecule has 196 valence electrons. The Morgan fingerprint density at radius 3 is 2.25 bits per heavy atom. The molecule has 0 saturated heterocycles. The average molecular weight is 492 g/mol. The highest BCUT2D eigenvalue weighted by molar-refractivity contribution is 5.93. The maximum atomic E-state index is 11.9. The predicted octanol–water partition coefficient (Wildman–Crippen LogP) is 6.26. The lowest BCUT2D eigenvalue weighted by Gasteiger charge is -2.19. The fourth-order valence-electron chi connectivity index (χ4n) is 3.70. The van der Waals surface area contributed by atoms with Crippen molar-refractivity contribution >= 4 is 5.91 Å². The number of allylic oxidation sites excluding steroid dienone is 9. The van der Waals surface area contributed by atoms with Crippen LogP contribution >= 0.6 is 0 Å². The zero-order valence-electron chi connectivity index (χ0n) is 22.8. The second-order valence-corrected chi connectivity index (χ2v) is 9.66. The SMILES string of the molecule is CC(/C=C/C=C\C=C\C=C(/C)C(=O)N[C@@H](C)CO)=C\[C@@H](C)[C@@H](O)/C(C)=C/[C@@H](C)CCc1ccccc1. The topological polar surface area (TPSA) is 69.6 Å². The minimum atomic E-state index is -0.501. The maximum Gasteiger partial charge on any atom is 0.247 e. The molecule has 0 aromatic heterocycles. The fraction of sp³-hybridized carbons (Fsp3) is 0.406. The van der Waals surface area contributed by atoms with Crippen molar-refractivity contribution in [3.05, 3.63) is 107 Å². The lowest BCUT2D eigenvalue weighted by Crippen LogP contribution is -2.35. The first-order chi connectivity index (χ1) is 17.1. The molecule has 0 heterocycles. The minimum Gasteiger partial charge on any atom is -0.394 e. The summed E-state index contributed by atoms with van der Waals surface area (Å²) >= 11 is 0. The summed E-state index contributed by atoms with van der Waals surface area (Å²) in [5, 5.41) is 22.5. The van der Waals surface area contributed by atoms with Crippen LogP contribution in [0.2, 0.25) is 0 Å². The summed E-state index contributed by atoms with van der Waals surface area (Å²) in [4.78, 5) is 11.9. The van der Waals surface area contributed by atoms with Crippen LogP contribution in [0.4, 0.5) is 0 Å². The van der Waals surface area contributed by atoms with Gasteiger partial charge in [-0.2, -0.15) is 0 Å². The molecule has 0 unspecified atom stereocenters. The number of hydrogen-bond donors (Lipinski definition) is 3.